The summed E-state index contributed by atoms with van der Waals surface area (Å²) in [6.45, 7) is 2.10. The lowest BCUT2D eigenvalue weighted by atomic mass is 10.1. The molecule has 4 heteroatoms. The number of hydrazine groups is 1. The van der Waals surface area contributed by atoms with Gasteiger partial charge in [0.05, 0.1) is 0 Å². The first-order valence-electron chi connectivity index (χ1n) is 6.32. The Morgan fingerprint density at radius 1 is 1.12 bits per heavy atom. The lowest BCUT2D eigenvalue weighted by Crippen LogP contribution is -2.44. The molecule has 92 valence electrons. The van der Waals surface area contributed by atoms with E-state index < -0.39 is 0 Å². The van der Waals surface area contributed by atoms with Crippen molar-refractivity contribution in [1.29, 1.82) is 0 Å². The molecule has 1 saturated carbocycles. The molecule has 2 amide bonds. The topological polar surface area (TPSA) is 58.2 Å². The Morgan fingerprint density at radius 3 is 2.44 bits per heavy atom. The van der Waals surface area contributed by atoms with Crippen LogP contribution < -0.4 is 10.9 Å². The van der Waals surface area contributed by atoms with Crippen molar-refractivity contribution in [3.05, 3.63) is 0 Å². The average molecular weight is 226 g/mol. The van der Waals surface area contributed by atoms with Gasteiger partial charge in [0.1, 0.15) is 0 Å². The fourth-order valence-corrected chi connectivity index (χ4v) is 2.02. The van der Waals surface area contributed by atoms with Crippen molar-refractivity contribution in [3.63, 3.8) is 0 Å². The molecule has 0 aromatic carbocycles. The van der Waals surface area contributed by atoms with Crippen molar-refractivity contribution < 1.29 is 9.59 Å². The molecule has 1 aliphatic rings. The highest BCUT2D eigenvalue weighted by Gasteiger charge is 2.22. The highest BCUT2D eigenvalue weighted by molar-refractivity contribution is 5.83. The smallest absolute Gasteiger partial charge is 0.241 e. The van der Waals surface area contributed by atoms with Gasteiger partial charge in [-0.3, -0.25) is 20.4 Å². The van der Waals surface area contributed by atoms with Crippen LogP contribution in [0.5, 0.6) is 0 Å². The number of carbonyl (C=O) groups is 2. The van der Waals surface area contributed by atoms with Gasteiger partial charge >= 0.3 is 0 Å². The minimum Gasteiger partial charge on any atom is -0.273 e. The fraction of sp³-hybridized carbons (Fsp3) is 0.833. The van der Waals surface area contributed by atoms with E-state index in [1.807, 2.05) is 0 Å². The second-order valence-electron chi connectivity index (χ2n) is 4.48. The average Bonchev–Trinajstić information content (AvgIpc) is 2.79. The molecule has 0 aromatic heterocycles. The van der Waals surface area contributed by atoms with Crippen LogP contribution in [0.3, 0.4) is 0 Å². The molecule has 16 heavy (non-hydrogen) atoms. The molecular weight excluding hydrogens is 204 g/mol. The van der Waals surface area contributed by atoms with Crippen LogP contribution in [0.25, 0.3) is 0 Å². The van der Waals surface area contributed by atoms with E-state index in [1.54, 1.807) is 0 Å². The number of hydrogen-bond acceptors (Lipinski definition) is 2. The minimum atomic E-state index is -0.0835. The van der Waals surface area contributed by atoms with Gasteiger partial charge in [0.15, 0.2) is 0 Å². The Labute approximate surface area is 97.1 Å². The molecule has 1 fully saturated rings. The standard InChI is InChI=1S/C12H22N2O2/c1-2-3-4-9-11(15)13-14-12(16)10-7-5-6-8-10/h10H,2-9H2,1H3,(H,13,15)(H,14,16). The predicted octanol–water partition coefficient (Wildman–Crippen LogP) is 1.90. The quantitative estimate of drug-likeness (QED) is 0.555. The Bertz CT molecular complexity index is 235. The van der Waals surface area contributed by atoms with Crippen LogP contribution in [-0.2, 0) is 9.59 Å². The molecule has 0 atom stereocenters. The molecule has 0 aliphatic heterocycles. The zero-order chi connectivity index (χ0) is 11.8. The number of unbranched alkanes of at least 4 members (excludes halogenated alkanes) is 2. The van der Waals surface area contributed by atoms with Gasteiger partial charge < -0.3 is 0 Å². The Kier molecular flexibility index (Phi) is 5.90. The summed E-state index contributed by atoms with van der Waals surface area (Å²) >= 11 is 0. The van der Waals surface area contributed by atoms with E-state index in [9.17, 15) is 9.59 Å². The number of amides is 2. The van der Waals surface area contributed by atoms with Gasteiger partial charge in [0, 0.05) is 12.3 Å². The van der Waals surface area contributed by atoms with Crippen LogP contribution >= 0.6 is 0 Å². The maximum atomic E-state index is 11.6. The van der Waals surface area contributed by atoms with E-state index in [1.165, 1.54) is 0 Å². The van der Waals surface area contributed by atoms with Gasteiger partial charge in [0.25, 0.3) is 0 Å². The summed E-state index contributed by atoms with van der Waals surface area (Å²) in [5, 5.41) is 0. The van der Waals surface area contributed by atoms with E-state index in [-0.39, 0.29) is 17.7 Å². The first-order chi connectivity index (χ1) is 7.74. The van der Waals surface area contributed by atoms with E-state index in [0.717, 1.165) is 44.9 Å². The summed E-state index contributed by atoms with van der Waals surface area (Å²) in [5.74, 6) is -0.00270. The zero-order valence-electron chi connectivity index (χ0n) is 10.1. The second kappa shape index (κ2) is 7.25. The number of nitrogens with one attached hydrogen (secondary N) is 2. The Hall–Kier alpha value is -1.06. The normalized spacial score (nSPS) is 16.1. The molecule has 0 bridgehead atoms. The third-order valence-electron chi connectivity index (χ3n) is 3.06. The molecule has 0 spiro atoms. The molecule has 0 aromatic rings. The fourth-order valence-electron chi connectivity index (χ4n) is 2.02. The molecule has 0 radical (unpaired) electrons. The summed E-state index contributed by atoms with van der Waals surface area (Å²) in [6, 6.07) is 0. The summed E-state index contributed by atoms with van der Waals surface area (Å²) < 4.78 is 0. The maximum Gasteiger partial charge on any atom is 0.241 e. The van der Waals surface area contributed by atoms with Crippen molar-refractivity contribution in [1.82, 2.24) is 10.9 Å². The van der Waals surface area contributed by atoms with Crippen LogP contribution in [-0.4, -0.2) is 11.8 Å². The van der Waals surface area contributed by atoms with Crippen LogP contribution in [0, 0.1) is 5.92 Å². The van der Waals surface area contributed by atoms with Crippen LogP contribution in [0.2, 0.25) is 0 Å². The Morgan fingerprint density at radius 2 is 1.81 bits per heavy atom. The molecule has 1 rings (SSSR count). The summed E-state index contributed by atoms with van der Waals surface area (Å²) in [5.41, 5.74) is 4.99. The van der Waals surface area contributed by atoms with Gasteiger partial charge in [-0.25, -0.2) is 0 Å². The van der Waals surface area contributed by atoms with Crippen LogP contribution in [0.1, 0.15) is 58.3 Å². The highest BCUT2D eigenvalue weighted by Crippen LogP contribution is 2.24. The predicted molar refractivity (Wildman–Crippen MR) is 62.4 cm³/mol. The lowest BCUT2D eigenvalue weighted by Gasteiger charge is -2.11. The second-order valence-corrected chi connectivity index (χ2v) is 4.48. The van der Waals surface area contributed by atoms with Crippen molar-refractivity contribution in [2.45, 2.75) is 58.3 Å². The molecule has 4 nitrogen and oxygen atoms in total. The molecule has 2 N–H and O–H groups in total. The monoisotopic (exact) mass is 226 g/mol. The first-order valence-corrected chi connectivity index (χ1v) is 6.32. The largest absolute Gasteiger partial charge is 0.273 e. The first kappa shape index (κ1) is 13.0. The van der Waals surface area contributed by atoms with Crippen molar-refractivity contribution in [2.75, 3.05) is 0 Å². The summed E-state index contributed by atoms with van der Waals surface area (Å²) in [6.07, 6.45) is 7.71. The number of rotatable bonds is 5. The van der Waals surface area contributed by atoms with Gasteiger partial charge in [0.2, 0.25) is 11.8 Å². The number of carbonyl (C=O) groups excluding carboxylic acids is 2. The molecule has 0 heterocycles. The third kappa shape index (κ3) is 4.64. The van der Waals surface area contributed by atoms with E-state index in [0.29, 0.717) is 6.42 Å². The van der Waals surface area contributed by atoms with E-state index in [4.69, 9.17) is 0 Å². The zero-order valence-corrected chi connectivity index (χ0v) is 10.1. The SMILES string of the molecule is CCCCCC(=O)NNC(=O)C1CCCC1. The van der Waals surface area contributed by atoms with E-state index in [2.05, 4.69) is 17.8 Å². The van der Waals surface area contributed by atoms with Crippen LogP contribution in [0.4, 0.5) is 0 Å². The minimum absolute atomic E-state index is 0.0265. The Balaban J connectivity index is 2.08. The number of hydrogen-bond donors (Lipinski definition) is 2. The van der Waals surface area contributed by atoms with Crippen molar-refractivity contribution in [3.8, 4) is 0 Å². The van der Waals surface area contributed by atoms with Crippen molar-refractivity contribution in [2.24, 2.45) is 5.92 Å². The van der Waals surface area contributed by atoms with Gasteiger partial charge in [-0.2, -0.15) is 0 Å². The molecule has 0 unspecified atom stereocenters. The molecule has 0 saturated heterocycles. The van der Waals surface area contributed by atoms with Gasteiger partial charge in [-0.05, 0) is 19.3 Å². The summed E-state index contributed by atoms with van der Waals surface area (Å²) in [7, 11) is 0. The van der Waals surface area contributed by atoms with Crippen molar-refractivity contribution >= 4 is 11.8 Å². The molecule has 1 aliphatic carbocycles. The van der Waals surface area contributed by atoms with Crippen LogP contribution in [0.15, 0.2) is 0 Å². The molecular formula is C12H22N2O2. The van der Waals surface area contributed by atoms with Gasteiger partial charge in [-0.1, -0.05) is 32.6 Å². The highest BCUT2D eigenvalue weighted by atomic mass is 16.2. The summed E-state index contributed by atoms with van der Waals surface area (Å²) in [4.78, 5) is 22.9. The van der Waals surface area contributed by atoms with Gasteiger partial charge in [-0.15, -0.1) is 0 Å². The maximum absolute atomic E-state index is 11.6. The lowest BCUT2D eigenvalue weighted by molar-refractivity contribution is -0.131. The van der Waals surface area contributed by atoms with E-state index >= 15 is 0 Å². The third-order valence-corrected chi connectivity index (χ3v) is 3.06.